The molecule has 20 heavy (non-hydrogen) atoms. The summed E-state index contributed by atoms with van der Waals surface area (Å²) in [5.41, 5.74) is 0.908. The average molecular weight is 353 g/mol. The molecule has 0 aliphatic carbocycles. The van der Waals surface area contributed by atoms with E-state index in [1.54, 1.807) is 12.1 Å². The van der Waals surface area contributed by atoms with Crippen molar-refractivity contribution in [3.63, 3.8) is 0 Å². The van der Waals surface area contributed by atoms with Crippen LogP contribution in [0.2, 0.25) is 5.02 Å². The van der Waals surface area contributed by atoms with E-state index in [9.17, 15) is 4.79 Å². The Labute approximate surface area is 128 Å². The van der Waals surface area contributed by atoms with Crippen molar-refractivity contribution in [1.29, 1.82) is 5.26 Å². The van der Waals surface area contributed by atoms with Crippen molar-refractivity contribution >= 4 is 45.0 Å². The number of aromatic nitrogens is 1. The van der Waals surface area contributed by atoms with Gasteiger partial charge in [-0.05, 0) is 40.2 Å². The molecule has 1 aromatic heterocycles. The molecule has 0 saturated heterocycles. The quantitative estimate of drug-likeness (QED) is 0.877. The third-order valence-corrected chi connectivity index (χ3v) is 3.18. The van der Waals surface area contributed by atoms with Crippen molar-refractivity contribution in [2.45, 2.75) is 0 Å². The van der Waals surface area contributed by atoms with Gasteiger partial charge in [0.15, 0.2) is 0 Å². The first-order valence-corrected chi connectivity index (χ1v) is 6.54. The van der Waals surface area contributed by atoms with Crippen molar-refractivity contribution < 1.29 is 9.90 Å². The predicted molar refractivity (Wildman–Crippen MR) is 78.3 cm³/mol. The van der Waals surface area contributed by atoms with Crippen molar-refractivity contribution in [3.8, 4) is 6.07 Å². The molecule has 1 aromatic carbocycles. The molecule has 0 saturated carbocycles. The minimum absolute atomic E-state index is 0.0137. The number of hydrogen-bond acceptors (Lipinski definition) is 4. The summed E-state index contributed by atoms with van der Waals surface area (Å²) < 4.78 is 0.561. The highest BCUT2D eigenvalue weighted by Gasteiger charge is 2.13. The van der Waals surface area contributed by atoms with Gasteiger partial charge in [0.25, 0.3) is 0 Å². The van der Waals surface area contributed by atoms with Crippen LogP contribution in [0.25, 0.3) is 0 Å². The Morgan fingerprint density at radius 1 is 1.45 bits per heavy atom. The van der Waals surface area contributed by atoms with E-state index in [1.807, 2.05) is 6.07 Å². The van der Waals surface area contributed by atoms with E-state index < -0.39 is 5.97 Å². The van der Waals surface area contributed by atoms with Crippen LogP contribution >= 0.6 is 27.5 Å². The summed E-state index contributed by atoms with van der Waals surface area (Å²) in [4.78, 5) is 15.2. The predicted octanol–water partition coefficient (Wildman–Crippen LogP) is 3.81. The van der Waals surface area contributed by atoms with Gasteiger partial charge in [0.05, 0.1) is 22.3 Å². The largest absolute Gasteiger partial charge is 0.478 e. The Morgan fingerprint density at radius 3 is 2.80 bits per heavy atom. The topological polar surface area (TPSA) is 86.0 Å². The molecule has 0 spiro atoms. The van der Waals surface area contributed by atoms with Gasteiger partial charge in [-0.2, -0.15) is 5.26 Å². The number of carboxylic acid groups (broad SMARTS) is 1. The molecule has 2 N–H and O–H groups in total. The summed E-state index contributed by atoms with van der Waals surface area (Å²) >= 11 is 9.19. The van der Waals surface area contributed by atoms with Crippen LogP contribution in [0, 0.1) is 11.3 Å². The third kappa shape index (κ3) is 3.07. The summed E-state index contributed by atoms with van der Waals surface area (Å²) in [5.74, 6) is -0.932. The molecule has 0 atom stereocenters. The fourth-order valence-corrected chi connectivity index (χ4v) is 2.07. The van der Waals surface area contributed by atoms with Crippen LogP contribution in [0.3, 0.4) is 0 Å². The second-order valence-electron chi connectivity index (χ2n) is 3.79. The number of carboxylic acids is 1. The van der Waals surface area contributed by atoms with E-state index in [2.05, 4.69) is 26.2 Å². The molecule has 2 rings (SSSR count). The number of aromatic carboxylic acids is 1. The number of carbonyl (C=O) groups is 1. The van der Waals surface area contributed by atoms with E-state index >= 15 is 0 Å². The van der Waals surface area contributed by atoms with Gasteiger partial charge >= 0.3 is 5.97 Å². The van der Waals surface area contributed by atoms with Crippen LogP contribution in [0.15, 0.2) is 34.9 Å². The first-order valence-electron chi connectivity index (χ1n) is 5.37. The number of benzene rings is 1. The lowest BCUT2D eigenvalue weighted by Gasteiger charge is -2.10. The van der Waals surface area contributed by atoms with Crippen LogP contribution in [0.1, 0.15) is 15.9 Å². The van der Waals surface area contributed by atoms with Gasteiger partial charge in [0, 0.05) is 10.7 Å². The van der Waals surface area contributed by atoms with Crippen molar-refractivity contribution in [1.82, 2.24) is 4.98 Å². The molecule has 0 unspecified atom stereocenters. The summed E-state index contributed by atoms with van der Waals surface area (Å²) in [5, 5.41) is 21.1. The van der Waals surface area contributed by atoms with Crippen LogP contribution in [-0.4, -0.2) is 16.1 Å². The molecule has 7 heteroatoms. The lowest BCUT2D eigenvalue weighted by Crippen LogP contribution is -2.05. The zero-order valence-corrected chi connectivity index (χ0v) is 12.2. The summed E-state index contributed by atoms with van der Waals surface area (Å²) in [7, 11) is 0. The maximum absolute atomic E-state index is 11.2. The van der Waals surface area contributed by atoms with Crippen LogP contribution < -0.4 is 5.32 Å². The molecule has 1 heterocycles. The zero-order chi connectivity index (χ0) is 14.7. The Kier molecular flexibility index (Phi) is 4.23. The molecule has 0 radical (unpaired) electrons. The van der Waals surface area contributed by atoms with E-state index in [1.165, 1.54) is 18.3 Å². The smallest absolute Gasteiger partial charge is 0.339 e. The molecule has 0 fully saturated rings. The van der Waals surface area contributed by atoms with Gasteiger partial charge in [-0.3, -0.25) is 0 Å². The average Bonchev–Trinajstić information content (AvgIpc) is 2.42. The summed E-state index contributed by atoms with van der Waals surface area (Å²) in [6.07, 6.45) is 1.48. The molecular weight excluding hydrogens is 346 g/mol. The highest BCUT2D eigenvalue weighted by Crippen LogP contribution is 2.28. The number of nitrogens with one attached hydrogen (secondary N) is 1. The first-order chi connectivity index (χ1) is 9.51. The van der Waals surface area contributed by atoms with Gasteiger partial charge in [0.1, 0.15) is 11.4 Å². The van der Waals surface area contributed by atoms with Gasteiger partial charge in [-0.1, -0.05) is 11.6 Å². The SMILES string of the molecule is N#Cc1ccc(Nc2ncc(Br)cc2C(=O)O)c(Cl)c1. The lowest BCUT2D eigenvalue weighted by molar-refractivity contribution is 0.0697. The zero-order valence-electron chi connectivity index (χ0n) is 9.89. The van der Waals surface area contributed by atoms with Crippen molar-refractivity contribution in [2.24, 2.45) is 0 Å². The fourth-order valence-electron chi connectivity index (χ4n) is 1.52. The molecule has 2 aromatic rings. The number of pyridine rings is 1. The Hall–Kier alpha value is -2.10. The second kappa shape index (κ2) is 5.90. The second-order valence-corrected chi connectivity index (χ2v) is 5.11. The van der Waals surface area contributed by atoms with Crippen molar-refractivity contribution in [3.05, 3.63) is 51.1 Å². The number of rotatable bonds is 3. The maximum atomic E-state index is 11.2. The normalized spacial score (nSPS) is 9.85. The Bertz CT molecular complexity index is 728. The molecule has 0 amide bonds. The van der Waals surface area contributed by atoms with Gasteiger partial charge in [0.2, 0.25) is 0 Å². The molecule has 5 nitrogen and oxygen atoms in total. The molecule has 100 valence electrons. The monoisotopic (exact) mass is 351 g/mol. The van der Waals surface area contributed by atoms with Gasteiger partial charge in [-0.15, -0.1) is 0 Å². The van der Waals surface area contributed by atoms with E-state index in [0.29, 0.717) is 20.7 Å². The maximum Gasteiger partial charge on any atom is 0.339 e. The van der Waals surface area contributed by atoms with Gasteiger partial charge < -0.3 is 10.4 Å². The standard InChI is InChI=1S/C13H7BrClN3O2/c14-8-4-9(13(19)20)12(17-6-8)18-11-2-1-7(5-16)3-10(11)15/h1-4,6H,(H,17,18)(H,19,20). The van der Waals surface area contributed by atoms with Gasteiger partial charge in [-0.25, -0.2) is 9.78 Å². The highest BCUT2D eigenvalue weighted by molar-refractivity contribution is 9.10. The van der Waals surface area contributed by atoms with Crippen LogP contribution in [0.5, 0.6) is 0 Å². The molecule has 0 bridgehead atoms. The number of nitrogens with zero attached hydrogens (tertiary/aromatic N) is 2. The lowest BCUT2D eigenvalue weighted by atomic mass is 10.2. The first kappa shape index (κ1) is 14.3. The Balaban J connectivity index is 2.40. The fraction of sp³-hybridized carbons (Fsp3) is 0. The number of hydrogen-bond donors (Lipinski definition) is 2. The number of nitriles is 1. The number of anilines is 2. The van der Waals surface area contributed by atoms with E-state index in [4.69, 9.17) is 22.0 Å². The van der Waals surface area contributed by atoms with E-state index in [0.717, 1.165) is 0 Å². The Morgan fingerprint density at radius 2 is 2.20 bits per heavy atom. The third-order valence-electron chi connectivity index (χ3n) is 2.44. The van der Waals surface area contributed by atoms with Crippen LogP contribution in [0.4, 0.5) is 11.5 Å². The van der Waals surface area contributed by atoms with Crippen molar-refractivity contribution in [2.75, 3.05) is 5.32 Å². The summed E-state index contributed by atoms with van der Waals surface area (Å²) in [6, 6.07) is 8.07. The van der Waals surface area contributed by atoms with Crippen LogP contribution in [-0.2, 0) is 0 Å². The highest BCUT2D eigenvalue weighted by atomic mass is 79.9. The molecule has 0 aliphatic heterocycles. The molecular formula is C13H7BrClN3O2. The minimum atomic E-state index is -1.11. The minimum Gasteiger partial charge on any atom is -0.478 e. The molecule has 0 aliphatic rings. The summed E-state index contributed by atoms with van der Waals surface area (Å²) in [6.45, 7) is 0. The van der Waals surface area contributed by atoms with E-state index in [-0.39, 0.29) is 11.4 Å². The number of halogens is 2.